The van der Waals surface area contributed by atoms with Gasteiger partial charge in [0.05, 0.1) is 9.40 Å². The van der Waals surface area contributed by atoms with Gasteiger partial charge in [-0.2, -0.15) is 4.39 Å². The van der Waals surface area contributed by atoms with Gasteiger partial charge in [-0.05, 0) is 22.0 Å². The molecule has 12 heavy (non-hydrogen) atoms. The Morgan fingerprint density at radius 3 is 2.67 bits per heavy atom. The van der Waals surface area contributed by atoms with Crippen LogP contribution in [0, 0.1) is 15.9 Å². The van der Waals surface area contributed by atoms with E-state index in [9.17, 15) is 14.5 Å². The fourth-order valence-corrected chi connectivity index (χ4v) is 1.47. The van der Waals surface area contributed by atoms with Crippen molar-refractivity contribution in [2.24, 2.45) is 0 Å². The second-order valence-electron chi connectivity index (χ2n) is 1.98. The fraction of sp³-hybridized carbons (Fsp3) is 0. The minimum Gasteiger partial charge on any atom is -0.258 e. The first kappa shape index (κ1) is 9.41. The second-order valence-corrected chi connectivity index (χ2v) is 3.27. The van der Waals surface area contributed by atoms with Gasteiger partial charge in [-0.3, -0.25) is 10.1 Å². The third-order valence-corrected chi connectivity index (χ3v) is 1.97. The summed E-state index contributed by atoms with van der Waals surface area (Å²) in [6, 6.07) is 2.21. The highest BCUT2D eigenvalue weighted by Gasteiger charge is 2.17. The molecule has 1 aromatic rings. The van der Waals surface area contributed by atoms with Crippen molar-refractivity contribution in [3.63, 3.8) is 0 Å². The molecular formula is C6H2BrClFNO2. The van der Waals surface area contributed by atoms with Crippen LogP contribution in [0.1, 0.15) is 0 Å². The molecule has 64 valence electrons. The van der Waals surface area contributed by atoms with Crippen LogP contribution in [-0.2, 0) is 0 Å². The minimum atomic E-state index is -0.913. The van der Waals surface area contributed by atoms with Gasteiger partial charge in [0.15, 0.2) is 0 Å². The van der Waals surface area contributed by atoms with Gasteiger partial charge in [-0.15, -0.1) is 0 Å². The maximum atomic E-state index is 12.9. The molecule has 1 rings (SSSR count). The molecule has 0 unspecified atom stereocenters. The van der Waals surface area contributed by atoms with Crippen molar-refractivity contribution in [3.05, 3.63) is 37.6 Å². The maximum Gasteiger partial charge on any atom is 0.307 e. The molecule has 0 radical (unpaired) electrons. The van der Waals surface area contributed by atoms with Crippen LogP contribution in [0.3, 0.4) is 0 Å². The fourth-order valence-electron chi connectivity index (χ4n) is 0.675. The highest BCUT2D eigenvalue weighted by molar-refractivity contribution is 9.10. The Morgan fingerprint density at radius 1 is 1.58 bits per heavy atom. The Hall–Kier alpha value is -0.680. The van der Waals surface area contributed by atoms with Crippen LogP contribution in [0.25, 0.3) is 0 Å². The van der Waals surface area contributed by atoms with E-state index in [1.165, 1.54) is 6.07 Å². The predicted octanol–water partition coefficient (Wildman–Crippen LogP) is 3.15. The normalized spacial score (nSPS) is 9.92. The van der Waals surface area contributed by atoms with E-state index >= 15 is 0 Å². The number of hydrogen-bond donors (Lipinski definition) is 0. The van der Waals surface area contributed by atoms with E-state index in [1.807, 2.05) is 0 Å². The second kappa shape index (κ2) is 3.37. The van der Waals surface area contributed by atoms with Crippen LogP contribution < -0.4 is 0 Å². The lowest BCUT2D eigenvalue weighted by Crippen LogP contribution is -1.92. The average Bonchev–Trinajstić information content (AvgIpc) is 1.96. The number of nitrogens with zero attached hydrogens (tertiary/aromatic N) is 1. The molecule has 0 atom stereocenters. The molecule has 0 bridgehead atoms. The molecule has 0 heterocycles. The predicted molar refractivity (Wildman–Crippen MR) is 45.8 cm³/mol. The van der Waals surface area contributed by atoms with Crippen molar-refractivity contribution in [2.75, 3.05) is 0 Å². The van der Waals surface area contributed by atoms with E-state index in [-0.39, 0.29) is 9.50 Å². The Morgan fingerprint density at radius 2 is 2.17 bits per heavy atom. The Kier molecular flexibility index (Phi) is 2.64. The van der Waals surface area contributed by atoms with Crippen LogP contribution in [-0.4, -0.2) is 4.92 Å². The van der Waals surface area contributed by atoms with Gasteiger partial charge in [0, 0.05) is 11.1 Å². The topological polar surface area (TPSA) is 43.1 Å². The van der Waals surface area contributed by atoms with Gasteiger partial charge in [0.25, 0.3) is 0 Å². The van der Waals surface area contributed by atoms with Gasteiger partial charge >= 0.3 is 5.69 Å². The lowest BCUT2D eigenvalue weighted by molar-refractivity contribution is -0.387. The number of nitro benzene ring substituents is 1. The number of hydrogen-bond acceptors (Lipinski definition) is 2. The van der Waals surface area contributed by atoms with E-state index in [0.29, 0.717) is 0 Å². The number of nitro groups is 1. The number of benzene rings is 1. The monoisotopic (exact) mass is 253 g/mol. The number of halogens is 3. The maximum absolute atomic E-state index is 12.9. The highest BCUT2D eigenvalue weighted by Crippen LogP contribution is 2.28. The third kappa shape index (κ3) is 1.73. The summed E-state index contributed by atoms with van der Waals surface area (Å²) in [7, 11) is 0. The van der Waals surface area contributed by atoms with E-state index in [0.717, 1.165) is 6.07 Å². The summed E-state index contributed by atoms with van der Waals surface area (Å²) in [5.41, 5.74) is -0.630. The van der Waals surface area contributed by atoms with E-state index < -0.39 is 16.4 Å². The molecule has 0 saturated carbocycles. The Labute approximate surface area is 80.4 Å². The van der Waals surface area contributed by atoms with Gasteiger partial charge in [0.2, 0.25) is 5.82 Å². The first-order valence-electron chi connectivity index (χ1n) is 2.81. The molecule has 0 N–H and O–H groups in total. The summed E-state index contributed by atoms with van der Waals surface area (Å²) in [4.78, 5) is 9.38. The standard InChI is InChI=1S/C6H2BrClFNO2/c7-4-1-3(8)2-5(6(4)9)10(11)12/h1-2H. The molecule has 0 aliphatic carbocycles. The molecule has 0 aliphatic rings. The first-order chi connectivity index (χ1) is 5.52. The summed E-state index contributed by atoms with van der Waals surface area (Å²) in [5.74, 6) is -0.913. The van der Waals surface area contributed by atoms with Crippen molar-refractivity contribution < 1.29 is 9.31 Å². The van der Waals surface area contributed by atoms with Gasteiger partial charge < -0.3 is 0 Å². The Bertz CT molecular complexity index is 345. The largest absolute Gasteiger partial charge is 0.307 e. The zero-order chi connectivity index (χ0) is 9.30. The van der Waals surface area contributed by atoms with Crippen LogP contribution >= 0.6 is 27.5 Å². The zero-order valence-corrected chi connectivity index (χ0v) is 7.89. The van der Waals surface area contributed by atoms with Crippen molar-refractivity contribution in [1.29, 1.82) is 0 Å². The van der Waals surface area contributed by atoms with Gasteiger partial charge in [0.1, 0.15) is 0 Å². The molecule has 0 saturated heterocycles. The SMILES string of the molecule is O=[N+]([O-])c1cc(Cl)cc(Br)c1F. The molecule has 0 amide bonds. The summed E-state index contributed by atoms with van der Waals surface area (Å²) < 4.78 is 12.9. The quantitative estimate of drug-likeness (QED) is 0.439. The van der Waals surface area contributed by atoms with E-state index in [4.69, 9.17) is 11.6 Å². The summed E-state index contributed by atoms with van der Waals surface area (Å²) in [5, 5.41) is 10.3. The molecule has 0 aromatic heterocycles. The molecule has 6 heteroatoms. The molecule has 0 fully saturated rings. The minimum absolute atomic E-state index is 0.0123. The third-order valence-electron chi connectivity index (χ3n) is 1.17. The van der Waals surface area contributed by atoms with Crippen LogP contribution in [0.4, 0.5) is 10.1 Å². The van der Waals surface area contributed by atoms with E-state index in [2.05, 4.69) is 15.9 Å². The van der Waals surface area contributed by atoms with Crippen molar-refractivity contribution >= 4 is 33.2 Å². The summed E-state index contributed by atoms with van der Waals surface area (Å²) in [6.45, 7) is 0. The van der Waals surface area contributed by atoms with Gasteiger partial charge in [-0.25, -0.2) is 0 Å². The van der Waals surface area contributed by atoms with Gasteiger partial charge in [-0.1, -0.05) is 11.6 Å². The molecule has 0 spiro atoms. The molecule has 0 aliphatic heterocycles. The van der Waals surface area contributed by atoms with Crippen molar-refractivity contribution in [2.45, 2.75) is 0 Å². The van der Waals surface area contributed by atoms with Crippen LogP contribution in [0.2, 0.25) is 5.02 Å². The van der Waals surface area contributed by atoms with E-state index in [1.54, 1.807) is 0 Å². The molecule has 3 nitrogen and oxygen atoms in total. The molecule has 1 aromatic carbocycles. The average molecular weight is 254 g/mol. The van der Waals surface area contributed by atoms with Crippen LogP contribution in [0.15, 0.2) is 16.6 Å². The van der Waals surface area contributed by atoms with Crippen molar-refractivity contribution in [1.82, 2.24) is 0 Å². The zero-order valence-electron chi connectivity index (χ0n) is 5.55. The number of rotatable bonds is 1. The summed E-state index contributed by atoms with van der Waals surface area (Å²) in [6.07, 6.45) is 0. The molecular weight excluding hydrogens is 252 g/mol. The smallest absolute Gasteiger partial charge is 0.258 e. The van der Waals surface area contributed by atoms with Crippen LogP contribution in [0.5, 0.6) is 0 Å². The lowest BCUT2D eigenvalue weighted by Gasteiger charge is -1.96. The lowest BCUT2D eigenvalue weighted by atomic mass is 10.3. The Balaban J connectivity index is 3.37. The summed E-state index contributed by atoms with van der Waals surface area (Å²) >= 11 is 8.27. The highest BCUT2D eigenvalue weighted by atomic mass is 79.9. The van der Waals surface area contributed by atoms with Crippen molar-refractivity contribution in [3.8, 4) is 0 Å². The first-order valence-corrected chi connectivity index (χ1v) is 3.98.